The van der Waals surface area contributed by atoms with Crippen molar-refractivity contribution in [2.45, 2.75) is 13.5 Å². The van der Waals surface area contributed by atoms with Crippen molar-refractivity contribution in [2.24, 2.45) is 0 Å². The maximum Gasteiger partial charge on any atom is 0.0319 e. The molecule has 1 rings (SSSR count). The van der Waals surface area contributed by atoms with Crippen molar-refractivity contribution < 1.29 is 5.11 Å². The van der Waals surface area contributed by atoms with E-state index in [0.717, 1.165) is 13.7 Å². The second-order valence-electron chi connectivity index (χ2n) is 2.52. The van der Waals surface area contributed by atoms with Crippen LogP contribution in [0.3, 0.4) is 0 Å². The smallest absolute Gasteiger partial charge is 0.0319 e. The topological polar surface area (TPSA) is 32.3 Å². The zero-order valence-corrected chi connectivity index (χ0v) is 7.96. The van der Waals surface area contributed by atoms with Gasteiger partial charge in [-0.25, -0.2) is 0 Å². The minimum Gasteiger partial charge on any atom is -0.400 e. The van der Waals surface area contributed by atoms with Crippen LogP contribution in [0, 0.1) is 6.92 Å². The Bertz CT molecular complexity index is 193. The Hall–Kier alpha value is -0.860. The summed E-state index contributed by atoms with van der Waals surface area (Å²) in [6.45, 7) is 3.06. The number of aliphatic hydroxyl groups excluding tert-OH is 1. The average Bonchev–Trinajstić information content (AvgIpc) is 2.13. The lowest BCUT2D eigenvalue weighted by atomic mass is 10.1. The van der Waals surface area contributed by atoms with E-state index in [-0.39, 0.29) is 0 Å². The van der Waals surface area contributed by atoms with Gasteiger partial charge in [-0.3, -0.25) is 0 Å². The third-order valence-corrected chi connectivity index (χ3v) is 1.50. The first kappa shape index (κ1) is 11.1. The second-order valence-corrected chi connectivity index (χ2v) is 2.52. The summed E-state index contributed by atoms with van der Waals surface area (Å²) in [5.74, 6) is 0. The molecule has 0 unspecified atom stereocenters. The highest BCUT2D eigenvalue weighted by Crippen LogP contribution is 2.01. The molecule has 0 saturated heterocycles. The van der Waals surface area contributed by atoms with Gasteiger partial charge in [0, 0.05) is 13.7 Å². The van der Waals surface area contributed by atoms with Crippen molar-refractivity contribution >= 4 is 0 Å². The lowest BCUT2D eigenvalue weighted by Crippen LogP contribution is -2.04. The molecule has 0 saturated carbocycles. The van der Waals surface area contributed by atoms with Crippen molar-refractivity contribution in [3.8, 4) is 0 Å². The maximum absolute atomic E-state index is 7.00. The van der Waals surface area contributed by atoms with Gasteiger partial charge < -0.3 is 10.4 Å². The van der Waals surface area contributed by atoms with Crippen LogP contribution in [0.15, 0.2) is 24.3 Å². The predicted molar refractivity (Wildman–Crippen MR) is 52.1 cm³/mol. The molecule has 0 heterocycles. The molecule has 0 aromatic heterocycles. The molecule has 0 aliphatic carbocycles. The molecule has 2 heteroatoms. The highest BCUT2D eigenvalue weighted by atomic mass is 16.2. The molecule has 0 spiro atoms. The Morgan fingerprint density at radius 1 is 1.17 bits per heavy atom. The highest BCUT2D eigenvalue weighted by Gasteiger charge is 1.87. The largest absolute Gasteiger partial charge is 0.400 e. The maximum atomic E-state index is 7.00. The van der Waals surface area contributed by atoms with Gasteiger partial charge in [-0.1, -0.05) is 29.8 Å². The summed E-state index contributed by atoms with van der Waals surface area (Å²) < 4.78 is 0. The van der Waals surface area contributed by atoms with Crippen LogP contribution in [0.25, 0.3) is 0 Å². The van der Waals surface area contributed by atoms with Gasteiger partial charge in [-0.2, -0.15) is 0 Å². The number of benzene rings is 1. The van der Waals surface area contributed by atoms with Crippen LogP contribution in [-0.2, 0) is 6.54 Å². The third-order valence-electron chi connectivity index (χ3n) is 1.50. The van der Waals surface area contributed by atoms with Crippen LogP contribution >= 0.6 is 0 Å². The predicted octanol–water partition coefficient (Wildman–Crippen LogP) is 1.32. The van der Waals surface area contributed by atoms with Crippen molar-refractivity contribution in [1.82, 2.24) is 5.32 Å². The van der Waals surface area contributed by atoms with Crippen LogP contribution < -0.4 is 5.32 Å². The Morgan fingerprint density at radius 2 is 1.67 bits per heavy atom. The van der Waals surface area contributed by atoms with Gasteiger partial charge in [0.05, 0.1) is 0 Å². The average molecular weight is 167 g/mol. The first-order valence-corrected chi connectivity index (χ1v) is 3.98. The molecule has 12 heavy (non-hydrogen) atoms. The SMILES string of the molecule is CNCc1ccc(C)cc1.CO. The summed E-state index contributed by atoms with van der Waals surface area (Å²) in [5.41, 5.74) is 2.66. The van der Waals surface area contributed by atoms with Gasteiger partial charge in [0.15, 0.2) is 0 Å². The Labute approximate surface area is 74.2 Å². The summed E-state index contributed by atoms with van der Waals surface area (Å²) in [6, 6.07) is 8.55. The Balaban J connectivity index is 0.000000561. The zero-order chi connectivity index (χ0) is 9.40. The van der Waals surface area contributed by atoms with Crippen LogP contribution in [0.4, 0.5) is 0 Å². The first-order valence-electron chi connectivity index (χ1n) is 3.98. The summed E-state index contributed by atoms with van der Waals surface area (Å²) in [7, 11) is 2.96. The third kappa shape index (κ3) is 4.11. The summed E-state index contributed by atoms with van der Waals surface area (Å²) in [5, 5.41) is 10.1. The summed E-state index contributed by atoms with van der Waals surface area (Å²) in [6.07, 6.45) is 0. The van der Waals surface area contributed by atoms with E-state index < -0.39 is 0 Å². The minimum atomic E-state index is 0.959. The Kier molecular flexibility index (Phi) is 6.34. The molecule has 2 N–H and O–H groups in total. The van der Waals surface area contributed by atoms with Crippen LogP contribution in [0.5, 0.6) is 0 Å². The van der Waals surface area contributed by atoms with E-state index in [4.69, 9.17) is 5.11 Å². The number of nitrogens with one attached hydrogen (secondary N) is 1. The van der Waals surface area contributed by atoms with E-state index in [1.165, 1.54) is 11.1 Å². The fourth-order valence-electron chi connectivity index (χ4n) is 0.910. The van der Waals surface area contributed by atoms with Gasteiger partial charge in [-0.05, 0) is 19.5 Å². The molecule has 1 aromatic carbocycles. The molecular formula is C10H17NO. The molecular weight excluding hydrogens is 150 g/mol. The molecule has 0 fully saturated rings. The van der Waals surface area contributed by atoms with Crippen LogP contribution in [-0.4, -0.2) is 19.3 Å². The number of hydrogen-bond acceptors (Lipinski definition) is 2. The van der Waals surface area contributed by atoms with Crippen LogP contribution in [0.2, 0.25) is 0 Å². The fraction of sp³-hybridized carbons (Fsp3) is 0.400. The fourth-order valence-corrected chi connectivity index (χ4v) is 0.910. The molecule has 0 bridgehead atoms. The molecule has 0 radical (unpaired) electrons. The molecule has 1 aromatic rings. The van der Waals surface area contributed by atoms with Crippen molar-refractivity contribution in [1.29, 1.82) is 0 Å². The van der Waals surface area contributed by atoms with Gasteiger partial charge in [0.25, 0.3) is 0 Å². The zero-order valence-electron chi connectivity index (χ0n) is 7.96. The number of rotatable bonds is 2. The van der Waals surface area contributed by atoms with E-state index in [0.29, 0.717) is 0 Å². The molecule has 2 nitrogen and oxygen atoms in total. The van der Waals surface area contributed by atoms with E-state index >= 15 is 0 Å². The molecule has 0 atom stereocenters. The molecule has 0 aliphatic rings. The van der Waals surface area contributed by atoms with Crippen molar-refractivity contribution in [2.75, 3.05) is 14.2 Å². The number of hydrogen-bond donors (Lipinski definition) is 2. The lowest BCUT2D eigenvalue weighted by molar-refractivity contribution is 0.399. The second kappa shape index (κ2) is 6.83. The normalized spacial score (nSPS) is 8.67. The van der Waals surface area contributed by atoms with Crippen molar-refractivity contribution in [3.63, 3.8) is 0 Å². The standard InChI is InChI=1S/C9H13N.CH4O/c1-8-3-5-9(6-4-8)7-10-2;1-2/h3-6,10H,7H2,1-2H3;2H,1H3. The van der Waals surface area contributed by atoms with E-state index in [1.807, 2.05) is 7.05 Å². The summed E-state index contributed by atoms with van der Waals surface area (Å²) in [4.78, 5) is 0. The molecule has 68 valence electrons. The number of aryl methyl sites for hydroxylation is 1. The molecule has 0 amide bonds. The summed E-state index contributed by atoms with van der Waals surface area (Å²) >= 11 is 0. The Morgan fingerprint density at radius 3 is 2.08 bits per heavy atom. The van der Waals surface area contributed by atoms with E-state index in [9.17, 15) is 0 Å². The molecule has 0 aliphatic heterocycles. The van der Waals surface area contributed by atoms with Gasteiger partial charge in [0.1, 0.15) is 0 Å². The van der Waals surface area contributed by atoms with Gasteiger partial charge in [0.2, 0.25) is 0 Å². The van der Waals surface area contributed by atoms with Gasteiger partial charge >= 0.3 is 0 Å². The number of aliphatic hydroxyl groups is 1. The van der Waals surface area contributed by atoms with Gasteiger partial charge in [-0.15, -0.1) is 0 Å². The quantitative estimate of drug-likeness (QED) is 0.696. The monoisotopic (exact) mass is 167 g/mol. The first-order chi connectivity index (χ1) is 5.83. The van der Waals surface area contributed by atoms with E-state index in [1.54, 1.807) is 0 Å². The van der Waals surface area contributed by atoms with Crippen LogP contribution in [0.1, 0.15) is 11.1 Å². The minimum absolute atomic E-state index is 0.959. The lowest BCUT2D eigenvalue weighted by Gasteiger charge is -1.98. The van der Waals surface area contributed by atoms with E-state index in [2.05, 4.69) is 36.5 Å². The van der Waals surface area contributed by atoms with Crippen molar-refractivity contribution in [3.05, 3.63) is 35.4 Å². The highest BCUT2D eigenvalue weighted by molar-refractivity contribution is 5.20.